The summed E-state index contributed by atoms with van der Waals surface area (Å²) in [4.78, 5) is 0. The molecule has 0 aliphatic heterocycles. The Labute approximate surface area is 99.7 Å². The molecule has 1 aromatic heterocycles. The van der Waals surface area contributed by atoms with Gasteiger partial charge in [0.05, 0.1) is 5.52 Å². The third-order valence-electron chi connectivity index (χ3n) is 2.96. The fourth-order valence-electron chi connectivity index (χ4n) is 2.14. The van der Waals surface area contributed by atoms with E-state index in [-0.39, 0.29) is 0 Å². The lowest BCUT2D eigenvalue weighted by molar-refractivity contribution is 0.479. The normalized spacial score (nSPS) is 10.8. The zero-order chi connectivity index (χ0) is 11.7. The standard InChI is InChI=1S/C15H13NO/c17-15-11-16(10-12-6-2-1-3-7-12)14-9-5-4-8-13(14)15/h1-9,11,17H,10H2. The zero-order valence-electron chi connectivity index (χ0n) is 9.38. The van der Waals surface area contributed by atoms with Gasteiger partial charge < -0.3 is 9.67 Å². The number of fused-ring (bicyclic) bond motifs is 1. The maximum Gasteiger partial charge on any atom is 0.141 e. The fraction of sp³-hybridized carbons (Fsp3) is 0.0667. The first-order valence-corrected chi connectivity index (χ1v) is 5.65. The SMILES string of the molecule is Oc1cn(Cc2ccccc2)c2ccccc12. The highest BCUT2D eigenvalue weighted by Gasteiger charge is 2.06. The second kappa shape index (κ2) is 3.98. The summed E-state index contributed by atoms with van der Waals surface area (Å²) in [5, 5.41) is 10.8. The van der Waals surface area contributed by atoms with Crippen LogP contribution in [-0.2, 0) is 6.54 Å². The zero-order valence-corrected chi connectivity index (χ0v) is 9.38. The monoisotopic (exact) mass is 223 g/mol. The molecule has 2 aromatic carbocycles. The number of aromatic nitrogens is 1. The molecule has 0 bridgehead atoms. The van der Waals surface area contributed by atoms with Gasteiger partial charge in [-0.2, -0.15) is 0 Å². The molecule has 0 fully saturated rings. The van der Waals surface area contributed by atoms with Crippen LogP contribution in [0.25, 0.3) is 10.9 Å². The number of hydrogen-bond acceptors (Lipinski definition) is 1. The summed E-state index contributed by atoms with van der Waals surface area (Å²) in [6, 6.07) is 18.1. The van der Waals surface area contributed by atoms with Gasteiger partial charge in [-0.25, -0.2) is 0 Å². The van der Waals surface area contributed by atoms with Gasteiger partial charge in [0.15, 0.2) is 0 Å². The Morgan fingerprint density at radius 1 is 0.882 bits per heavy atom. The summed E-state index contributed by atoms with van der Waals surface area (Å²) in [5.41, 5.74) is 2.29. The van der Waals surface area contributed by atoms with Crippen LogP contribution in [0.2, 0.25) is 0 Å². The molecule has 0 radical (unpaired) electrons. The Hall–Kier alpha value is -2.22. The molecule has 84 valence electrons. The van der Waals surface area contributed by atoms with Crippen molar-refractivity contribution in [3.8, 4) is 5.75 Å². The topological polar surface area (TPSA) is 25.2 Å². The van der Waals surface area contributed by atoms with E-state index >= 15 is 0 Å². The molecule has 0 aliphatic carbocycles. The van der Waals surface area contributed by atoms with Crippen LogP contribution >= 0.6 is 0 Å². The van der Waals surface area contributed by atoms with Crippen LogP contribution in [0.5, 0.6) is 5.75 Å². The Bertz CT molecular complexity index is 640. The summed E-state index contributed by atoms with van der Waals surface area (Å²) < 4.78 is 2.07. The van der Waals surface area contributed by atoms with Crippen molar-refractivity contribution >= 4 is 10.9 Å². The summed E-state index contributed by atoms with van der Waals surface area (Å²) in [6.45, 7) is 0.780. The summed E-state index contributed by atoms with van der Waals surface area (Å²) in [7, 11) is 0. The summed E-state index contributed by atoms with van der Waals surface area (Å²) >= 11 is 0. The molecule has 1 heterocycles. The van der Waals surface area contributed by atoms with Gasteiger partial charge in [0, 0.05) is 18.1 Å². The molecule has 3 rings (SSSR count). The molecule has 3 aromatic rings. The third-order valence-corrected chi connectivity index (χ3v) is 2.96. The van der Waals surface area contributed by atoms with Crippen LogP contribution in [0.15, 0.2) is 60.8 Å². The molecule has 17 heavy (non-hydrogen) atoms. The highest BCUT2D eigenvalue weighted by atomic mass is 16.3. The van der Waals surface area contributed by atoms with E-state index in [4.69, 9.17) is 0 Å². The Kier molecular flexibility index (Phi) is 2.33. The number of benzene rings is 2. The molecule has 1 N–H and O–H groups in total. The van der Waals surface area contributed by atoms with Gasteiger partial charge in [-0.3, -0.25) is 0 Å². The van der Waals surface area contributed by atoms with Gasteiger partial charge in [0.2, 0.25) is 0 Å². The number of rotatable bonds is 2. The van der Waals surface area contributed by atoms with E-state index in [2.05, 4.69) is 16.7 Å². The lowest BCUT2D eigenvalue weighted by Gasteiger charge is -2.04. The van der Waals surface area contributed by atoms with Crippen LogP contribution in [0, 0.1) is 0 Å². The van der Waals surface area contributed by atoms with E-state index in [1.165, 1.54) is 5.56 Å². The first-order valence-electron chi connectivity index (χ1n) is 5.65. The quantitative estimate of drug-likeness (QED) is 0.707. The average molecular weight is 223 g/mol. The smallest absolute Gasteiger partial charge is 0.141 e. The first kappa shape index (κ1) is 9.97. The molecule has 0 spiro atoms. The minimum Gasteiger partial charge on any atom is -0.506 e. The number of hydrogen-bond donors (Lipinski definition) is 1. The summed E-state index contributed by atoms with van der Waals surface area (Å²) in [5.74, 6) is 0.344. The van der Waals surface area contributed by atoms with Crippen molar-refractivity contribution in [3.63, 3.8) is 0 Å². The van der Waals surface area contributed by atoms with Crippen LogP contribution in [-0.4, -0.2) is 9.67 Å². The van der Waals surface area contributed by atoms with E-state index < -0.39 is 0 Å². The number of nitrogens with zero attached hydrogens (tertiary/aromatic N) is 1. The molecule has 2 heteroatoms. The fourth-order valence-corrected chi connectivity index (χ4v) is 2.14. The molecule has 0 saturated heterocycles. The minimum absolute atomic E-state index is 0.344. The van der Waals surface area contributed by atoms with E-state index in [1.807, 2.05) is 42.5 Å². The average Bonchev–Trinajstić information content (AvgIpc) is 2.69. The summed E-state index contributed by atoms with van der Waals surface area (Å²) in [6.07, 6.45) is 1.79. The van der Waals surface area contributed by atoms with E-state index in [9.17, 15) is 5.11 Å². The molecule has 0 saturated carbocycles. The molecule has 2 nitrogen and oxygen atoms in total. The second-order valence-electron chi connectivity index (χ2n) is 4.14. The van der Waals surface area contributed by atoms with E-state index in [0.717, 1.165) is 17.4 Å². The van der Waals surface area contributed by atoms with E-state index in [0.29, 0.717) is 5.75 Å². The van der Waals surface area contributed by atoms with Gasteiger partial charge in [-0.05, 0) is 17.7 Å². The van der Waals surface area contributed by atoms with Gasteiger partial charge in [-0.15, -0.1) is 0 Å². The van der Waals surface area contributed by atoms with Crippen molar-refractivity contribution < 1.29 is 5.11 Å². The Balaban J connectivity index is 2.07. The second-order valence-corrected chi connectivity index (χ2v) is 4.14. The highest BCUT2D eigenvalue weighted by Crippen LogP contribution is 2.27. The number of para-hydroxylation sites is 1. The first-order chi connectivity index (χ1) is 8.34. The molecule has 0 unspecified atom stereocenters. The van der Waals surface area contributed by atoms with Crippen LogP contribution in [0.1, 0.15) is 5.56 Å². The lowest BCUT2D eigenvalue weighted by atomic mass is 10.2. The maximum absolute atomic E-state index is 9.85. The Morgan fingerprint density at radius 2 is 1.59 bits per heavy atom. The van der Waals surface area contributed by atoms with Crippen molar-refractivity contribution in [2.45, 2.75) is 6.54 Å². The number of aromatic hydroxyl groups is 1. The largest absolute Gasteiger partial charge is 0.506 e. The van der Waals surface area contributed by atoms with Crippen LogP contribution in [0.4, 0.5) is 0 Å². The molecular formula is C15H13NO. The van der Waals surface area contributed by atoms with Crippen molar-refractivity contribution in [1.82, 2.24) is 4.57 Å². The maximum atomic E-state index is 9.85. The predicted octanol–water partition coefficient (Wildman–Crippen LogP) is 3.40. The predicted molar refractivity (Wildman–Crippen MR) is 69.1 cm³/mol. The Morgan fingerprint density at radius 3 is 2.41 bits per heavy atom. The van der Waals surface area contributed by atoms with E-state index in [1.54, 1.807) is 6.20 Å². The van der Waals surface area contributed by atoms with Crippen molar-refractivity contribution in [3.05, 3.63) is 66.4 Å². The lowest BCUT2D eigenvalue weighted by Crippen LogP contribution is -1.96. The molecule has 0 amide bonds. The highest BCUT2D eigenvalue weighted by molar-refractivity contribution is 5.86. The third kappa shape index (κ3) is 1.78. The van der Waals surface area contributed by atoms with Crippen LogP contribution in [0.3, 0.4) is 0 Å². The molecule has 0 aliphatic rings. The van der Waals surface area contributed by atoms with Gasteiger partial charge in [0.1, 0.15) is 5.75 Å². The van der Waals surface area contributed by atoms with Gasteiger partial charge in [-0.1, -0.05) is 42.5 Å². The van der Waals surface area contributed by atoms with Crippen molar-refractivity contribution in [1.29, 1.82) is 0 Å². The molecule has 0 atom stereocenters. The van der Waals surface area contributed by atoms with Crippen molar-refractivity contribution in [2.24, 2.45) is 0 Å². The molecular weight excluding hydrogens is 210 g/mol. The minimum atomic E-state index is 0.344. The van der Waals surface area contributed by atoms with Gasteiger partial charge >= 0.3 is 0 Å². The van der Waals surface area contributed by atoms with Crippen molar-refractivity contribution in [2.75, 3.05) is 0 Å². The van der Waals surface area contributed by atoms with Crippen LogP contribution < -0.4 is 0 Å². The van der Waals surface area contributed by atoms with Gasteiger partial charge in [0.25, 0.3) is 0 Å².